The first-order valence-electron chi connectivity index (χ1n) is 5.11. The van der Waals surface area contributed by atoms with Crippen LogP contribution in [0.3, 0.4) is 0 Å². The molecule has 1 aliphatic rings. The predicted octanol–water partition coefficient (Wildman–Crippen LogP) is -0.581. The quantitative estimate of drug-likeness (QED) is 0.772. The molecule has 0 saturated heterocycles. The summed E-state index contributed by atoms with van der Waals surface area (Å²) in [6.45, 7) is 2.05. The highest BCUT2D eigenvalue weighted by atomic mass is 32.2. The first-order chi connectivity index (χ1) is 7.46. The Morgan fingerprint density at radius 3 is 3.06 bits per heavy atom. The lowest BCUT2D eigenvalue weighted by molar-refractivity contribution is 0.210. The molecule has 7 heteroatoms. The van der Waals surface area contributed by atoms with E-state index < -0.39 is 10.0 Å². The molecule has 1 atom stereocenters. The molecule has 1 unspecified atom stereocenters. The van der Waals surface area contributed by atoms with Crippen LogP contribution in [0, 0.1) is 0 Å². The molecule has 16 heavy (non-hydrogen) atoms. The van der Waals surface area contributed by atoms with Crippen LogP contribution in [0.1, 0.15) is 11.7 Å². The standard InChI is InChI=1S/C9H16N4O2S/c1-12-6-8-3-4-10-13(8)9(7-12)5-11-16(2,14)15/h3-4,9,11H,5-7H2,1-2H3. The summed E-state index contributed by atoms with van der Waals surface area (Å²) in [5, 5.41) is 4.23. The third-order valence-electron chi connectivity index (χ3n) is 2.63. The molecule has 0 amide bonds. The molecule has 1 aromatic heterocycles. The van der Waals surface area contributed by atoms with E-state index in [9.17, 15) is 8.42 Å². The van der Waals surface area contributed by atoms with Crippen molar-refractivity contribution in [3.05, 3.63) is 18.0 Å². The van der Waals surface area contributed by atoms with Crippen molar-refractivity contribution in [3.63, 3.8) is 0 Å². The van der Waals surface area contributed by atoms with E-state index in [-0.39, 0.29) is 6.04 Å². The Bertz CT molecular complexity index is 468. The summed E-state index contributed by atoms with van der Waals surface area (Å²) in [5.41, 5.74) is 1.12. The van der Waals surface area contributed by atoms with E-state index in [1.54, 1.807) is 6.20 Å². The summed E-state index contributed by atoms with van der Waals surface area (Å²) >= 11 is 0. The summed E-state index contributed by atoms with van der Waals surface area (Å²) in [4.78, 5) is 2.16. The third-order valence-corrected chi connectivity index (χ3v) is 3.32. The van der Waals surface area contributed by atoms with Crippen LogP contribution in [0.15, 0.2) is 12.3 Å². The number of rotatable bonds is 3. The van der Waals surface area contributed by atoms with Crippen molar-refractivity contribution in [2.24, 2.45) is 0 Å². The van der Waals surface area contributed by atoms with Gasteiger partial charge in [-0.2, -0.15) is 5.10 Å². The molecule has 2 heterocycles. The molecule has 0 fully saturated rings. The minimum atomic E-state index is -3.14. The van der Waals surface area contributed by atoms with Crippen LogP contribution < -0.4 is 4.72 Å². The maximum Gasteiger partial charge on any atom is 0.208 e. The molecule has 0 aromatic carbocycles. The number of aromatic nitrogens is 2. The molecule has 90 valence electrons. The number of likely N-dealkylation sites (N-methyl/N-ethyl adjacent to an activating group) is 1. The van der Waals surface area contributed by atoms with E-state index in [4.69, 9.17) is 0 Å². The third kappa shape index (κ3) is 2.60. The average Bonchev–Trinajstić information content (AvgIpc) is 2.60. The van der Waals surface area contributed by atoms with Gasteiger partial charge in [-0.3, -0.25) is 9.58 Å². The van der Waals surface area contributed by atoms with Gasteiger partial charge in [0, 0.05) is 25.8 Å². The van der Waals surface area contributed by atoms with Crippen LogP contribution in [0.25, 0.3) is 0 Å². The van der Waals surface area contributed by atoms with Crippen LogP contribution in [0.5, 0.6) is 0 Å². The molecule has 0 bridgehead atoms. The first kappa shape index (κ1) is 11.6. The van der Waals surface area contributed by atoms with Gasteiger partial charge in [0.1, 0.15) is 0 Å². The van der Waals surface area contributed by atoms with E-state index in [1.165, 1.54) is 6.26 Å². The number of nitrogens with one attached hydrogen (secondary N) is 1. The second kappa shape index (κ2) is 4.15. The van der Waals surface area contributed by atoms with Crippen molar-refractivity contribution in [2.75, 3.05) is 26.4 Å². The Balaban J connectivity index is 2.12. The van der Waals surface area contributed by atoms with E-state index in [0.717, 1.165) is 18.8 Å². The zero-order valence-corrected chi connectivity index (χ0v) is 10.2. The van der Waals surface area contributed by atoms with E-state index in [2.05, 4.69) is 14.7 Å². The van der Waals surface area contributed by atoms with Crippen molar-refractivity contribution in [2.45, 2.75) is 12.6 Å². The van der Waals surface area contributed by atoms with Crippen LogP contribution in [0.2, 0.25) is 0 Å². The SMILES string of the molecule is CN1Cc2ccnn2C(CNS(C)(=O)=O)C1. The molecule has 1 aliphatic heterocycles. The highest BCUT2D eigenvalue weighted by molar-refractivity contribution is 7.88. The normalized spacial score (nSPS) is 22.0. The van der Waals surface area contributed by atoms with Crippen LogP contribution in [-0.2, 0) is 16.6 Å². The maximum absolute atomic E-state index is 11.1. The molecule has 0 saturated carbocycles. The first-order valence-corrected chi connectivity index (χ1v) is 7.00. The van der Waals surface area contributed by atoms with Crippen LogP contribution in [0.4, 0.5) is 0 Å². The van der Waals surface area contributed by atoms with Crippen molar-refractivity contribution >= 4 is 10.0 Å². The molecule has 1 N–H and O–H groups in total. The molecule has 0 radical (unpaired) electrons. The minimum Gasteiger partial charge on any atom is -0.298 e. The van der Waals surface area contributed by atoms with Gasteiger partial charge < -0.3 is 0 Å². The molecular weight excluding hydrogens is 228 g/mol. The molecule has 0 spiro atoms. The van der Waals surface area contributed by atoms with Gasteiger partial charge in [0.25, 0.3) is 0 Å². The lowest BCUT2D eigenvalue weighted by Gasteiger charge is -2.31. The lowest BCUT2D eigenvalue weighted by atomic mass is 10.2. The number of fused-ring (bicyclic) bond motifs is 1. The highest BCUT2D eigenvalue weighted by Crippen LogP contribution is 2.18. The Labute approximate surface area is 95.3 Å². The molecule has 0 aliphatic carbocycles. The topological polar surface area (TPSA) is 67.2 Å². The Hall–Kier alpha value is -0.920. The zero-order valence-electron chi connectivity index (χ0n) is 9.42. The fraction of sp³-hybridized carbons (Fsp3) is 0.667. The van der Waals surface area contributed by atoms with Gasteiger partial charge in [-0.1, -0.05) is 0 Å². The second-order valence-corrected chi connectivity index (χ2v) is 6.07. The lowest BCUT2D eigenvalue weighted by Crippen LogP contribution is -2.41. The van der Waals surface area contributed by atoms with E-state index >= 15 is 0 Å². The largest absolute Gasteiger partial charge is 0.298 e. The fourth-order valence-corrected chi connectivity index (χ4v) is 2.47. The highest BCUT2D eigenvalue weighted by Gasteiger charge is 2.23. The zero-order chi connectivity index (χ0) is 11.8. The van der Waals surface area contributed by atoms with Crippen molar-refractivity contribution in [1.29, 1.82) is 0 Å². The van der Waals surface area contributed by atoms with E-state index in [0.29, 0.717) is 6.54 Å². The van der Waals surface area contributed by atoms with E-state index in [1.807, 2.05) is 17.8 Å². The smallest absolute Gasteiger partial charge is 0.208 e. The Morgan fingerprint density at radius 2 is 2.38 bits per heavy atom. The summed E-state index contributed by atoms with van der Waals surface area (Å²) in [6.07, 6.45) is 2.92. The molecule has 2 rings (SSSR count). The Kier molecular flexibility index (Phi) is 3.00. The number of nitrogens with zero attached hydrogens (tertiary/aromatic N) is 3. The van der Waals surface area contributed by atoms with Crippen LogP contribution >= 0.6 is 0 Å². The van der Waals surface area contributed by atoms with Gasteiger partial charge >= 0.3 is 0 Å². The molecule has 1 aromatic rings. The predicted molar refractivity (Wildman–Crippen MR) is 60.4 cm³/mol. The summed E-state index contributed by atoms with van der Waals surface area (Å²) in [6, 6.07) is 2.03. The van der Waals surface area contributed by atoms with Gasteiger partial charge in [0.15, 0.2) is 0 Å². The number of hydrogen-bond acceptors (Lipinski definition) is 4. The van der Waals surface area contributed by atoms with Gasteiger partial charge in [-0.25, -0.2) is 13.1 Å². The average molecular weight is 244 g/mol. The van der Waals surface area contributed by atoms with Gasteiger partial charge in [0.2, 0.25) is 10.0 Å². The number of hydrogen-bond donors (Lipinski definition) is 1. The second-order valence-electron chi connectivity index (χ2n) is 4.24. The van der Waals surface area contributed by atoms with Crippen molar-refractivity contribution in [3.8, 4) is 0 Å². The maximum atomic E-state index is 11.1. The van der Waals surface area contributed by atoms with Crippen molar-refractivity contribution in [1.82, 2.24) is 19.4 Å². The Morgan fingerprint density at radius 1 is 1.62 bits per heavy atom. The fourth-order valence-electron chi connectivity index (χ4n) is 1.97. The summed E-state index contributed by atoms with van der Waals surface area (Å²) in [7, 11) is -1.12. The van der Waals surface area contributed by atoms with Gasteiger partial charge in [-0.05, 0) is 13.1 Å². The summed E-state index contributed by atoms with van der Waals surface area (Å²) < 4.78 is 26.5. The monoisotopic (exact) mass is 244 g/mol. The minimum absolute atomic E-state index is 0.0680. The summed E-state index contributed by atoms with van der Waals surface area (Å²) in [5.74, 6) is 0. The van der Waals surface area contributed by atoms with Crippen molar-refractivity contribution < 1.29 is 8.42 Å². The van der Waals surface area contributed by atoms with Gasteiger partial charge in [-0.15, -0.1) is 0 Å². The number of sulfonamides is 1. The van der Waals surface area contributed by atoms with Gasteiger partial charge in [0.05, 0.1) is 18.0 Å². The molecule has 6 nitrogen and oxygen atoms in total. The van der Waals surface area contributed by atoms with Crippen LogP contribution in [-0.4, -0.2) is 49.5 Å². The molecular formula is C9H16N4O2S.